The van der Waals surface area contributed by atoms with E-state index in [0.29, 0.717) is 12.5 Å². The molecule has 2 aromatic carbocycles. The lowest BCUT2D eigenvalue weighted by molar-refractivity contribution is -0.174. The third-order valence-electron chi connectivity index (χ3n) is 4.34. The fraction of sp³-hybridized carbons (Fsp3) is 0.360. The molecule has 144 valence electrons. The van der Waals surface area contributed by atoms with Gasteiger partial charge in [0.15, 0.2) is 0 Å². The van der Waals surface area contributed by atoms with Crippen LogP contribution >= 0.6 is 0 Å². The normalized spacial score (nSPS) is 12.8. The van der Waals surface area contributed by atoms with Crippen molar-refractivity contribution in [1.29, 1.82) is 0 Å². The largest absolute Gasteiger partial charge is 0.265 e. The number of hydrogen-bond donors (Lipinski definition) is 0. The van der Waals surface area contributed by atoms with Gasteiger partial charge in [-0.2, -0.15) is 0 Å². The van der Waals surface area contributed by atoms with E-state index in [1.54, 1.807) is 0 Å². The van der Waals surface area contributed by atoms with Crippen LogP contribution in [-0.2, 0) is 4.84 Å². The zero-order chi connectivity index (χ0) is 19.5. The van der Waals surface area contributed by atoms with Gasteiger partial charge in [0.2, 0.25) is 0 Å². The first kappa shape index (κ1) is 21.0. The van der Waals surface area contributed by atoms with Crippen LogP contribution in [0.5, 0.6) is 0 Å². The van der Waals surface area contributed by atoms with Gasteiger partial charge >= 0.3 is 0 Å². The van der Waals surface area contributed by atoms with E-state index in [-0.39, 0.29) is 6.10 Å². The van der Waals surface area contributed by atoms with Gasteiger partial charge in [0.25, 0.3) is 0 Å². The molecule has 0 aliphatic carbocycles. The van der Waals surface area contributed by atoms with Gasteiger partial charge in [0.05, 0.1) is 6.54 Å². The molecule has 1 unspecified atom stereocenters. The lowest BCUT2D eigenvalue weighted by Gasteiger charge is -2.31. The Bertz CT molecular complexity index is 691. The van der Waals surface area contributed by atoms with Crippen LogP contribution in [-0.4, -0.2) is 11.6 Å². The van der Waals surface area contributed by atoms with Crippen LogP contribution < -0.4 is 0 Å². The monoisotopic (exact) mass is 363 g/mol. The van der Waals surface area contributed by atoms with Gasteiger partial charge in [-0.05, 0) is 36.0 Å². The van der Waals surface area contributed by atoms with E-state index in [1.807, 2.05) is 23.3 Å². The molecule has 0 bridgehead atoms. The van der Waals surface area contributed by atoms with Crippen molar-refractivity contribution in [3.63, 3.8) is 0 Å². The van der Waals surface area contributed by atoms with E-state index in [4.69, 9.17) is 4.84 Å². The molecule has 2 aromatic rings. The maximum atomic E-state index is 6.55. The maximum Gasteiger partial charge on any atom is 0.111 e. The minimum Gasteiger partial charge on any atom is -0.265 e. The summed E-state index contributed by atoms with van der Waals surface area (Å²) >= 11 is 0. The Morgan fingerprint density at radius 2 is 1.67 bits per heavy atom. The first-order valence-corrected chi connectivity index (χ1v) is 9.99. The molecule has 0 heterocycles. The van der Waals surface area contributed by atoms with E-state index >= 15 is 0 Å². The SMILES string of the molecule is C=CCN(OC(CCC)c1ccccc1)/C(=C/c1ccccc1)CC(C)C. The van der Waals surface area contributed by atoms with Crippen LogP contribution in [0.2, 0.25) is 0 Å². The highest BCUT2D eigenvalue weighted by molar-refractivity contribution is 5.52. The molecule has 0 aliphatic rings. The number of rotatable bonds is 11. The Labute approximate surface area is 165 Å². The van der Waals surface area contributed by atoms with Gasteiger partial charge in [-0.25, -0.2) is 0 Å². The molecule has 0 amide bonds. The second-order valence-corrected chi connectivity index (χ2v) is 7.29. The van der Waals surface area contributed by atoms with Crippen molar-refractivity contribution in [3.8, 4) is 0 Å². The Kier molecular flexibility index (Phi) is 8.86. The van der Waals surface area contributed by atoms with Crippen LogP contribution in [0.3, 0.4) is 0 Å². The molecule has 0 N–H and O–H groups in total. The minimum atomic E-state index is 0.0440. The third-order valence-corrected chi connectivity index (χ3v) is 4.34. The summed E-state index contributed by atoms with van der Waals surface area (Å²) in [6.07, 6.45) is 7.20. The summed E-state index contributed by atoms with van der Waals surface area (Å²) in [6.45, 7) is 11.3. The zero-order valence-electron chi connectivity index (χ0n) is 17.0. The summed E-state index contributed by atoms with van der Waals surface area (Å²) in [4.78, 5) is 6.55. The lowest BCUT2D eigenvalue weighted by atomic mass is 10.0. The molecule has 0 fully saturated rings. The molecule has 0 aliphatic heterocycles. The molecular weight excluding hydrogens is 330 g/mol. The molecule has 0 spiro atoms. The average molecular weight is 364 g/mol. The van der Waals surface area contributed by atoms with Crippen molar-refractivity contribution in [3.05, 3.63) is 90.1 Å². The summed E-state index contributed by atoms with van der Waals surface area (Å²) < 4.78 is 0. The lowest BCUT2D eigenvalue weighted by Crippen LogP contribution is -2.27. The predicted molar refractivity (Wildman–Crippen MR) is 116 cm³/mol. The van der Waals surface area contributed by atoms with E-state index in [9.17, 15) is 0 Å². The first-order chi connectivity index (χ1) is 13.1. The number of hydrogen-bond acceptors (Lipinski definition) is 2. The standard InChI is InChI=1S/C25H33NO/c1-5-13-25(23-16-11-8-12-17-23)27-26(18-6-2)24(19-21(3)4)20-22-14-9-7-10-15-22/h6-12,14-17,20-21,25H,2,5,13,18-19H2,1,3-4H3/b24-20+. The quantitative estimate of drug-likeness (QED) is 0.314. The Hall–Kier alpha value is -2.32. The Morgan fingerprint density at radius 1 is 1.04 bits per heavy atom. The predicted octanol–water partition coefficient (Wildman–Crippen LogP) is 7.03. The molecule has 0 radical (unpaired) electrons. The summed E-state index contributed by atoms with van der Waals surface area (Å²) in [5, 5.41) is 2.04. The van der Waals surface area contributed by atoms with E-state index in [1.165, 1.54) is 16.8 Å². The first-order valence-electron chi connectivity index (χ1n) is 9.99. The van der Waals surface area contributed by atoms with Crippen molar-refractivity contribution < 1.29 is 4.84 Å². The average Bonchev–Trinajstić information content (AvgIpc) is 2.68. The van der Waals surface area contributed by atoms with Gasteiger partial charge in [-0.15, -0.1) is 6.58 Å². The smallest absolute Gasteiger partial charge is 0.111 e. The van der Waals surface area contributed by atoms with Gasteiger partial charge in [-0.1, -0.05) is 93.9 Å². The van der Waals surface area contributed by atoms with Gasteiger partial charge in [-0.3, -0.25) is 9.90 Å². The molecule has 0 saturated carbocycles. The van der Waals surface area contributed by atoms with Crippen molar-refractivity contribution in [2.24, 2.45) is 5.92 Å². The minimum absolute atomic E-state index is 0.0440. The van der Waals surface area contributed by atoms with Crippen molar-refractivity contribution in [2.45, 2.75) is 46.1 Å². The fourth-order valence-corrected chi connectivity index (χ4v) is 3.10. The third kappa shape index (κ3) is 7.07. The van der Waals surface area contributed by atoms with E-state index in [2.05, 4.69) is 82.0 Å². The van der Waals surface area contributed by atoms with Crippen molar-refractivity contribution >= 4 is 6.08 Å². The highest BCUT2D eigenvalue weighted by Crippen LogP contribution is 2.28. The highest BCUT2D eigenvalue weighted by atomic mass is 16.7. The van der Waals surface area contributed by atoms with E-state index in [0.717, 1.165) is 19.3 Å². The van der Waals surface area contributed by atoms with Crippen LogP contribution in [0.25, 0.3) is 6.08 Å². The second kappa shape index (κ2) is 11.4. The molecule has 2 rings (SSSR count). The Morgan fingerprint density at radius 3 is 2.22 bits per heavy atom. The van der Waals surface area contributed by atoms with Gasteiger partial charge in [0.1, 0.15) is 6.10 Å². The van der Waals surface area contributed by atoms with Crippen LogP contribution in [0.1, 0.15) is 57.3 Å². The van der Waals surface area contributed by atoms with Gasteiger partial charge in [0, 0.05) is 5.70 Å². The van der Waals surface area contributed by atoms with Crippen molar-refractivity contribution in [2.75, 3.05) is 6.54 Å². The maximum absolute atomic E-state index is 6.55. The van der Waals surface area contributed by atoms with Crippen LogP contribution in [0.4, 0.5) is 0 Å². The number of hydroxylamine groups is 2. The number of benzene rings is 2. The van der Waals surface area contributed by atoms with Crippen LogP contribution in [0.15, 0.2) is 79.0 Å². The van der Waals surface area contributed by atoms with E-state index < -0.39 is 0 Å². The molecular formula is C25H33NO. The number of allylic oxidation sites excluding steroid dienone is 1. The van der Waals surface area contributed by atoms with Crippen LogP contribution in [0, 0.1) is 5.92 Å². The highest BCUT2D eigenvalue weighted by Gasteiger charge is 2.19. The van der Waals surface area contributed by atoms with Crippen molar-refractivity contribution in [1.82, 2.24) is 5.06 Å². The number of nitrogens with zero attached hydrogens (tertiary/aromatic N) is 1. The fourth-order valence-electron chi connectivity index (χ4n) is 3.10. The molecule has 1 atom stereocenters. The summed E-state index contributed by atoms with van der Waals surface area (Å²) in [5.41, 5.74) is 3.60. The Balaban J connectivity index is 2.32. The summed E-state index contributed by atoms with van der Waals surface area (Å²) in [6, 6.07) is 21.0. The molecule has 2 heteroatoms. The molecule has 27 heavy (non-hydrogen) atoms. The van der Waals surface area contributed by atoms with Gasteiger partial charge < -0.3 is 0 Å². The zero-order valence-corrected chi connectivity index (χ0v) is 17.0. The summed E-state index contributed by atoms with van der Waals surface area (Å²) in [7, 11) is 0. The molecule has 0 aromatic heterocycles. The molecule has 0 saturated heterocycles. The molecule has 2 nitrogen and oxygen atoms in total. The summed E-state index contributed by atoms with van der Waals surface area (Å²) in [5.74, 6) is 0.539. The second-order valence-electron chi connectivity index (χ2n) is 7.29. The topological polar surface area (TPSA) is 12.5 Å².